The Morgan fingerprint density at radius 2 is 2.00 bits per heavy atom. The first-order chi connectivity index (χ1) is 8.48. The van der Waals surface area contributed by atoms with Crippen LogP contribution in [0, 0.1) is 5.82 Å². The van der Waals surface area contributed by atoms with E-state index in [-0.39, 0.29) is 5.56 Å². The molecule has 0 bridgehead atoms. The largest absolute Gasteiger partial charge is 0.345 e. The fourth-order valence-electron chi connectivity index (χ4n) is 1.36. The molecule has 0 aliphatic heterocycles. The van der Waals surface area contributed by atoms with Gasteiger partial charge in [0.1, 0.15) is 5.82 Å². The Morgan fingerprint density at radius 3 is 2.50 bits per heavy atom. The quantitative estimate of drug-likeness (QED) is 0.674. The monoisotopic (exact) mass is 443 g/mol. The standard InChI is InChI=1S/C12H13Br3FNO/c1-2-12(6-13,7-14)17-11(18)9-5-8(15)3-4-10(9)16/h3-5H,2,6-7H2,1H3,(H,17,18). The lowest BCUT2D eigenvalue weighted by molar-refractivity contribution is 0.0911. The molecule has 6 heteroatoms. The van der Waals surface area contributed by atoms with Crippen LogP contribution < -0.4 is 5.32 Å². The van der Waals surface area contributed by atoms with Crippen LogP contribution in [0.5, 0.6) is 0 Å². The molecule has 0 spiro atoms. The van der Waals surface area contributed by atoms with Gasteiger partial charge in [-0.15, -0.1) is 0 Å². The molecule has 0 atom stereocenters. The molecule has 1 rings (SSSR count). The van der Waals surface area contributed by atoms with Gasteiger partial charge in [-0.25, -0.2) is 4.39 Å². The first kappa shape index (κ1) is 16.1. The van der Waals surface area contributed by atoms with Gasteiger partial charge in [0, 0.05) is 15.1 Å². The van der Waals surface area contributed by atoms with Crippen LogP contribution in [0.4, 0.5) is 4.39 Å². The number of hydrogen-bond donors (Lipinski definition) is 1. The van der Waals surface area contributed by atoms with Gasteiger partial charge in [-0.1, -0.05) is 54.7 Å². The topological polar surface area (TPSA) is 29.1 Å². The summed E-state index contributed by atoms with van der Waals surface area (Å²) in [4.78, 5) is 12.1. The normalized spacial score (nSPS) is 11.4. The zero-order valence-corrected chi connectivity index (χ0v) is 14.5. The molecule has 0 saturated heterocycles. The van der Waals surface area contributed by atoms with Crippen LogP contribution in [-0.4, -0.2) is 22.1 Å². The number of hydrogen-bond acceptors (Lipinski definition) is 1. The number of alkyl halides is 2. The number of carbonyl (C=O) groups is 1. The number of rotatable bonds is 5. The number of benzene rings is 1. The van der Waals surface area contributed by atoms with Crippen LogP contribution in [0.15, 0.2) is 22.7 Å². The van der Waals surface area contributed by atoms with Gasteiger partial charge in [0.25, 0.3) is 5.91 Å². The summed E-state index contributed by atoms with van der Waals surface area (Å²) in [5, 5.41) is 4.07. The van der Waals surface area contributed by atoms with Crippen LogP contribution in [0.1, 0.15) is 23.7 Å². The van der Waals surface area contributed by atoms with Crippen LogP contribution in [-0.2, 0) is 0 Å². The van der Waals surface area contributed by atoms with E-state index in [0.29, 0.717) is 15.1 Å². The van der Waals surface area contributed by atoms with Crippen molar-refractivity contribution in [3.05, 3.63) is 34.1 Å². The molecule has 0 saturated carbocycles. The Morgan fingerprint density at radius 1 is 1.39 bits per heavy atom. The SMILES string of the molecule is CCC(CBr)(CBr)NC(=O)c1cc(Br)ccc1F. The molecule has 0 aliphatic carbocycles. The molecule has 1 amide bonds. The van der Waals surface area contributed by atoms with E-state index < -0.39 is 17.3 Å². The second kappa shape index (κ2) is 7.01. The van der Waals surface area contributed by atoms with E-state index in [0.717, 1.165) is 6.42 Å². The first-order valence-corrected chi connectivity index (χ1v) is 8.41. The van der Waals surface area contributed by atoms with Crippen molar-refractivity contribution in [3.63, 3.8) is 0 Å². The molecule has 1 aromatic carbocycles. The molecule has 0 unspecified atom stereocenters. The van der Waals surface area contributed by atoms with E-state index in [1.165, 1.54) is 12.1 Å². The average molecular weight is 446 g/mol. The summed E-state index contributed by atoms with van der Waals surface area (Å²) in [5.41, 5.74) is -0.365. The summed E-state index contributed by atoms with van der Waals surface area (Å²) in [6.45, 7) is 1.97. The summed E-state index contributed by atoms with van der Waals surface area (Å²) in [6, 6.07) is 4.32. The van der Waals surface area contributed by atoms with Gasteiger partial charge in [0.2, 0.25) is 0 Å². The van der Waals surface area contributed by atoms with Gasteiger partial charge in [-0.05, 0) is 24.6 Å². The fraction of sp³-hybridized carbons (Fsp3) is 0.417. The number of nitrogens with one attached hydrogen (secondary N) is 1. The molecule has 0 fully saturated rings. The van der Waals surface area contributed by atoms with Crippen molar-refractivity contribution in [2.24, 2.45) is 0 Å². The average Bonchev–Trinajstić information content (AvgIpc) is 2.38. The summed E-state index contributed by atoms with van der Waals surface area (Å²) in [6.07, 6.45) is 0.741. The maximum Gasteiger partial charge on any atom is 0.254 e. The highest BCUT2D eigenvalue weighted by atomic mass is 79.9. The third-order valence-electron chi connectivity index (χ3n) is 2.74. The van der Waals surface area contributed by atoms with Crippen LogP contribution in [0.3, 0.4) is 0 Å². The lowest BCUT2D eigenvalue weighted by Gasteiger charge is -2.30. The maximum absolute atomic E-state index is 13.6. The Hall–Kier alpha value is 0.0600. The zero-order chi connectivity index (χ0) is 13.8. The summed E-state index contributed by atoms with van der Waals surface area (Å²) < 4.78 is 14.3. The highest BCUT2D eigenvalue weighted by Gasteiger charge is 2.29. The van der Waals surface area contributed by atoms with Crippen molar-refractivity contribution in [1.29, 1.82) is 0 Å². The lowest BCUT2D eigenvalue weighted by Crippen LogP contribution is -2.51. The van der Waals surface area contributed by atoms with E-state index in [4.69, 9.17) is 0 Å². The van der Waals surface area contributed by atoms with E-state index in [9.17, 15) is 9.18 Å². The highest BCUT2D eigenvalue weighted by Crippen LogP contribution is 2.20. The minimum atomic E-state index is -0.523. The molecule has 1 aromatic rings. The predicted molar refractivity (Wildman–Crippen MR) is 82.2 cm³/mol. The maximum atomic E-state index is 13.6. The van der Waals surface area contributed by atoms with Crippen molar-refractivity contribution in [2.45, 2.75) is 18.9 Å². The number of carbonyl (C=O) groups excluding carboxylic acids is 1. The van der Waals surface area contributed by atoms with Crippen LogP contribution in [0.25, 0.3) is 0 Å². The molecule has 18 heavy (non-hydrogen) atoms. The summed E-state index contributed by atoms with van der Waals surface area (Å²) >= 11 is 9.99. The Bertz CT molecular complexity index is 427. The van der Waals surface area contributed by atoms with Crippen molar-refractivity contribution in [3.8, 4) is 0 Å². The van der Waals surface area contributed by atoms with Crippen molar-refractivity contribution in [1.82, 2.24) is 5.32 Å². The highest BCUT2D eigenvalue weighted by molar-refractivity contribution is 9.10. The summed E-state index contributed by atoms with van der Waals surface area (Å²) in [7, 11) is 0. The zero-order valence-electron chi connectivity index (χ0n) is 9.77. The number of halogens is 4. The van der Waals surface area contributed by atoms with Gasteiger partial charge in [0.15, 0.2) is 0 Å². The molecule has 0 radical (unpaired) electrons. The third kappa shape index (κ3) is 3.78. The van der Waals surface area contributed by atoms with E-state index in [2.05, 4.69) is 53.1 Å². The van der Waals surface area contributed by atoms with Gasteiger partial charge < -0.3 is 5.32 Å². The van der Waals surface area contributed by atoms with Crippen molar-refractivity contribution < 1.29 is 9.18 Å². The van der Waals surface area contributed by atoms with Gasteiger partial charge in [-0.2, -0.15) is 0 Å². The molecule has 0 aromatic heterocycles. The van der Waals surface area contributed by atoms with E-state index in [1.807, 2.05) is 6.92 Å². The van der Waals surface area contributed by atoms with Crippen LogP contribution in [0.2, 0.25) is 0 Å². The van der Waals surface area contributed by atoms with Crippen LogP contribution >= 0.6 is 47.8 Å². The van der Waals surface area contributed by atoms with Gasteiger partial charge >= 0.3 is 0 Å². The van der Waals surface area contributed by atoms with Gasteiger partial charge in [-0.3, -0.25) is 4.79 Å². The van der Waals surface area contributed by atoms with Crippen molar-refractivity contribution >= 4 is 53.7 Å². The fourth-order valence-corrected chi connectivity index (χ4v) is 3.72. The molecular weight excluding hydrogens is 433 g/mol. The molecule has 0 heterocycles. The molecular formula is C12H13Br3FNO. The predicted octanol–water partition coefficient (Wildman–Crippen LogP) is 4.26. The second-order valence-electron chi connectivity index (χ2n) is 3.98. The Kier molecular flexibility index (Phi) is 6.27. The smallest absolute Gasteiger partial charge is 0.254 e. The molecule has 1 N–H and O–H groups in total. The number of amides is 1. The van der Waals surface area contributed by atoms with E-state index in [1.54, 1.807) is 6.07 Å². The second-order valence-corrected chi connectivity index (χ2v) is 6.02. The third-order valence-corrected chi connectivity index (χ3v) is 5.38. The Balaban J connectivity index is 2.97. The first-order valence-electron chi connectivity index (χ1n) is 5.37. The minimum Gasteiger partial charge on any atom is -0.345 e. The Labute approximate surface area is 131 Å². The van der Waals surface area contributed by atoms with Gasteiger partial charge in [0.05, 0.1) is 11.1 Å². The van der Waals surface area contributed by atoms with Crippen molar-refractivity contribution in [2.75, 3.05) is 10.7 Å². The van der Waals surface area contributed by atoms with E-state index >= 15 is 0 Å². The lowest BCUT2D eigenvalue weighted by atomic mass is 10.0. The molecule has 2 nitrogen and oxygen atoms in total. The molecule has 100 valence electrons. The summed E-state index contributed by atoms with van der Waals surface area (Å²) in [5.74, 6) is -0.931. The molecule has 0 aliphatic rings. The minimum absolute atomic E-state index is 0.0455.